The van der Waals surface area contributed by atoms with Crippen molar-refractivity contribution in [2.24, 2.45) is 0 Å². The molecule has 1 aliphatic heterocycles. The first kappa shape index (κ1) is 11.4. The molecule has 1 N–H and O–H groups in total. The summed E-state index contributed by atoms with van der Waals surface area (Å²) >= 11 is 0. The van der Waals surface area contributed by atoms with E-state index in [-0.39, 0.29) is 23.1 Å². The Hall–Kier alpha value is -1.70. The lowest BCUT2D eigenvalue weighted by Gasteiger charge is -2.09. The third-order valence-corrected chi connectivity index (χ3v) is 4.89. The van der Waals surface area contributed by atoms with Gasteiger partial charge in [-0.3, -0.25) is 4.79 Å². The lowest BCUT2D eigenvalue weighted by atomic mass is 10.3. The van der Waals surface area contributed by atoms with Gasteiger partial charge in [-0.15, -0.1) is 0 Å². The smallest absolute Gasteiger partial charge is 0.262 e. The summed E-state index contributed by atoms with van der Waals surface area (Å²) in [6.07, 6.45) is 1.96. The molecule has 1 fully saturated rings. The molecule has 2 aromatic rings. The van der Waals surface area contributed by atoms with Gasteiger partial charge in [-0.05, 0) is 13.3 Å². The molecule has 0 bridgehead atoms. The van der Waals surface area contributed by atoms with E-state index in [0.29, 0.717) is 23.3 Å². The van der Waals surface area contributed by atoms with Gasteiger partial charge in [0.15, 0.2) is 15.5 Å². The van der Waals surface area contributed by atoms with E-state index in [1.807, 2.05) is 0 Å². The maximum Gasteiger partial charge on any atom is 0.262 e. The van der Waals surface area contributed by atoms with Crippen molar-refractivity contribution >= 4 is 20.9 Å². The molecule has 1 unspecified atom stereocenters. The fourth-order valence-electron chi connectivity index (χ4n) is 2.28. The minimum absolute atomic E-state index is 0.0668. The van der Waals surface area contributed by atoms with Crippen molar-refractivity contribution in [3.05, 3.63) is 22.4 Å². The van der Waals surface area contributed by atoms with Crippen LogP contribution in [0.5, 0.6) is 0 Å². The fraction of sp³-hybridized carbons (Fsp3) is 0.500. The maximum atomic E-state index is 11.7. The molecule has 3 heterocycles. The van der Waals surface area contributed by atoms with E-state index < -0.39 is 9.84 Å². The molecule has 0 aromatic carbocycles. The molecule has 18 heavy (non-hydrogen) atoms. The average Bonchev–Trinajstić information content (AvgIpc) is 2.81. The van der Waals surface area contributed by atoms with E-state index >= 15 is 0 Å². The Morgan fingerprint density at radius 2 is 2.28 bits per heavy atom. The Balaban J connectivity index is 2.17. The van der Waals surface area contributed by atoms with Gasteiger partial charge < -0.3 is 4.98 Å². The lowest BCUT2D eigenvalue weighted by Crippen LogP contribution is -2.15. The van der Waals surface area contributed by atoms with Gasteiger partial charge in [0.05, 0.1) is 23.7 Å². The summed E-state index contributed by atoms with van der Waals surface area (Å²) in [6, 6.07) is -0.221. The van der Waals surface area contributed by atoms with E-state index in [4.69, 9.17) is 0 Å². The number of sulfone groups is 1. The van der Waals surface area contributed by atoms with Gasteiger partial charge in [-0.25, -0.2) is 18.1 Å². The Kier molecular flexibility index (Phi) is 2.31. The first-order valence-electron chi connectivity index (χ1n) is 5.61. The topological polar surface area (TPSA) is 97.7 Å². The van der Waals surface area contributed by atoms with E-state index in [1.165, 1.54) is 6.20 Å². The van der Waals surface area contributed by atoms with Crippen molar-refractivity contribution in [3.8, 4) is 0 Å². The highest BCUT2D eigenvalue weighted by Gasteiger charge is 2.31. The number of nitrogens with one attached hydrogen (secondary N) is 1. The summed E-state index contributed by atoms with van der Waals surface area (Å²) in [5, 5.41) is 4.51. The number of H-pyrrole nitrogens is 1. The molecule has 0 spiro atoms. The van der Waals surface area contributed by atoms with Gasteiger partial charge in [-0.1, -0.05) is 0 Å². The van der Waals surface area contributed by atoms with Crippen LogP contribution in [0.25, 0.3) is 11.0 Å². The summed E-state index contributed by atoms with van der Waals surface area (Å²) in [4.78, 5) is 18.5. The average molecular weight is 268 g/mol. The molecule has 1 atom stereocenters. The van der Waals surface area contributed by atoms with Gasteiger partial charge in [-0.2, -0.15) is 5.10 Å². The van der Waals surface area contributed by atoms with Crippen LogP contribution in [0.15, 0.2) is 11.0 Å². The monoisotopic (exact) mass is 268 g/mol. The van der Waals surface area contributed by atoms with Crippen LogP contribution in [0.3, 0.4) is 0 Å². The van der Waals surface area contributed by atoms with Crippen LogP contribution >= 0.6 is 0 Å². The zero-order valence-corrected chi connectivity index (χ0v) is 10.6. The summed E-state index contributed by atoms with van der Waals surface area (Å²) in [7, 11) is -2.98. The van der Waals surface area contributed by atoms with Crippen molar-refractivity contribution in [1.29, 1.82) is 0 Å². The minimum atomic E-state index is -2.98. The summed E-state index contributed by atoms with van der Waals surface area (Å²) in [5.74, 6) is 0.730. The first-order chi connectivity index (χ1) is 8.46. The maximum absolute atomic E-state index is 11.7. The number of aryl methyl sites for hydroxylation is 1. The van der Waals surface area contributed by atoms with Crippen LogP contribution in [-0.4, -0.2) is 39.7 Å². The molecule has 0 saturated carbocycles. The Bertz CT molecular complexity index is 774. The molecule has 3 rings (SSSR count). The molecule has 7 nitrogen and oxygen atoms in total. The van der Waals surface area contributed by atoms with Gasteiger partial charge in [0, 0.05) is 0 Å². The highest BCUT2D eigenvalue weighted by atomic mass is 32.2. The zero-order chi connectivity index (χ0) is 12.9. The highest BCUT2D eigenvalue weighted by Crippen LogP contribution is 2.25. The lowest BCUT2D eigenvalue weighted by molar-refractivity contribution is 0.511. The minimum Gasteiger partial charge on any atom is -0.310 e. The SMILES string of the molecule is Cc1nc2c(cnn2C2CCS(=O)(=O)C2)c(=O)[nH]1. The normalized spacial score (nSPS) is 22.6. The molecule has 0 radical (unpaired) electrons. The second-order valence-corrected chi connectivity index (χ2v) is 6.76. The molecule has 8 heteroatoms. The molecule has 0 amide bonds. The fourth-order valence-corrected chi connectivity index (χ4v) is 3.97. The number of hydrogen-bond acceptors (Lipinski definition) is 5. The number of rotatable bonds is 1. The van der Waals surface area contributed by atoms with Crippen LogP contribution in [-0.2, 0) is 9.84 Å². The van der Waals surface area contributed by atoms with Crippen molar-refractivity contribution < 1.29 is 8.42 Å². The summed E-state index contributed by atoms with van der Waals surface area (Å²) < 4.78 is 24.5. The number of fused-ring (bicyclic) bond motifs is 1. The first-order valence-corrected chi connectivity index (χ1v) is 7.43. The van der Waals surface area contributed by atoms with E-state index in [2.05, 4.69) is 15.1 Å². The van der Waals surface area contributed by atoms with Gasteiger partial charge in [0.25, 0.3) is 5.56 Å². The van der Waals surface area contributed by atoms with E-state index in [1.54, 1.807) is 11.6 Å². The van der Waals surface area contributed by atoms with Crippen LogP contribution in [0, 0.1) is 6.92 Å². The van der Waals surface area contributed by atoms with Crippen LogP contribution in [0.2, 0.25) is 0 Å². The third kappa shape index (κ3) is 1.72. The second-order valence-electron chi connectivity index (χ2n) is 4.53. The van der Waals surface area contributed by atoms with Gasteiger partial charge in [0.2, 0.25) is 0 Å². The van der Waals surface area contributed by atoms with E-state index in [0.717, 1.165) is 0 Å². The summed E-state index contributed by atoms with van der Waals surface area (Å²) in [6.45, 7) is 1.68. The van der Waals surface area contributed by atoms with Gasteiger partial charge >= 0.3 is 0 Å². The Morgan fingerprint density at radius 1 is 1.50 bits per heavy atom. The highest BCUT2D eigenvalue weighted by molar-refractivity contribution is 7.91. The largest absolute Gasteiger partial charge is 0.310 e. The molecular formula is C10H12N4O3S. The van der Waals surface area contributed by atoms with Crippen LogP contribution in [0.1, 0.15) is 18.3 Å². The quantitative estimate of drug-likeness (QED) is 0.771. The molecule has 96 valence electrons. The standard InChI is InChI=1S/C10H12N4O3S/c1-6-12-9-8(10(15)13-6)4-11-14(9)7-2-3-18(16,17)5-7/h4,7H,2-3,5H2,1H3,(H,12,13,15). The van der Waals surface area contributed by atoms with Crippen LogP contribution < -0.4 is 5.56 Å². The predicted octanol–water partition coefficient (Wildman–Crippen LogP) is -0.212. The number of nitrogens with zero attached hydrogens (tertiary/aromatic N) is 3. The van der Waals surface area contributed by atoms with Crippen molar-refractivity contribution in [2.45, 2.75) is 19.4 Å². The van der Waals surface area contributed by atoms with Crippen molar-refractivity contribution in [3.63, 3.8) is 0 Å². The van der Waals surface area contributed by atoms with Crippen LogP contribution in [0.4, 0.5) is 0 Å². The van der Waals surface area contributed by atoms with Crippen molar-refractivity contribution in [2.75, 3.05) is 11.5 Å². The molecule has 0 aliphatic carbocycles. The molecule has 1 aliphatic rings. The third-order valence-electron chi connectivity index (χ3n) is 3.14. The molecule has 1 saturated heterocycles. The number of hydrogen-bond donors (Lipinski definition) is 1. The predicted molar refractivity (Wildman–Crippen MR) is 65.2 cm³/mol. The number of aromatic nitrogens is 4. The summed E-state index contributed by atoms with van der Waals surface area (Å²) in [5.41, 5.74) is 0.211. The molecule has 2 aromatic heterocycles. The Morgan fingerprint density at radius 3 is 2.94 bits per heavy atom. The number of aromatic amines is 1. The molecular weight excluding hydrogens is 256 g/mol. The van der Waals surface area contributed by atoms with Crippen molar-refractivity contribution in [1.82, 2.24) is 19.7 Å². The van der Waals surface area contributed by atoms with Gasteiger partial charge in [0.1, 0.15) is 11.2 Å². The van der Waals surface area contributed by atoms with E-state index in [9.17, 15) is 13.2 Å². The Labute approximate surface area is 103 Å². The zero-order valence-electron chi connectivity index (χ0n) is 9.75. The second kappa shape index (κ2) is 3.64.